The maximum absolute atomic E-state index is 13.3. The van der Waals surface area contributed by atoms with Crippen molar-refractivity contribution in [2.24, 2.45) is 0 Å². The normalized spacial score (nSPS) is 15.7. The molecule has 1 atom stereocenters. The van der Waals surface area contributed by atoms with Gasteiger partial charge < -0.3 is 9.47 Å². The zero-order chi connectivity index (χ0) is 23.9. The molecule has 0 saturated heterocycles. The standard InChI is InChI=1S/C22H22F3N5O3/c1-5-16-19-18(21(31)30(16)14-9-27-29(10-14)11-22(23,24)25)12(2)6-15(28-19)13-7-17(32-3)20(33-4)26-8-13/h6-10,16H,5,11H2,1-4H3/t16-/m0/s1. The molecule has 1 amide bonds. The van der Waals surface area contributed by atoms with Gasteiger partial charge in [0.1, 0.15) is 6.54 Å². The fourth-order valence-electron chi connectivity index (χ4n) is 4.04. The Hall–Kier alpha value is -3.63. The molecule has 0 unspecified atom stereocenters. The number of amides is 1. The maximum Gasteiger partial charge on any atom is 0.408 e. The number of aryl methyl sites for hydroxylation is 1. The minimum Gasteiger partial charge on any atom is -0.491 e. The molecular weight excluding hydrogens is 439 g/mol. The molecule has 3 aromatic heterocycles. The summed E-state index contributed by atoms with van der Waals surface area (Å²) >= 11 is 0. The highest BCUT2D eigenvalue weighted by Crippen LogP contribution is 2.41. The van der Waals surface area contributed by atoms with Crippen molar-refractivity contribution in [1.29, 1.82) is 0 Å². The molecule has 0 aliphatic carbocycles. The van der Waals surface area contributed by atoms with Crippen molar-refractivity contribution in [3.63, 3.8) is 0 Å². The average molecular weight is 461 g/mol. The predicted octanol–water partition coefficient (Wildman–Crippen LogP) is 4.34. The number of pyridine rings is 2. The smallest absolute Gasteiger partial charge is 0.408 e. The highest BCUT2D eigenvalue weighted by Gasteiger charge is 2.40. The highest BCUT2D eigenvalue weighted by atomic mass is 19.4. The fraction of sp³-hybridized carbons (Fsp3) is 0.364. The number of fused-ring (bicyclic) bond motifs is 1. The number of alkyl halides is 3. The van der Waals surface area contributed by atoms with Crippen LogP contribution in [0, 0.1) is 6.92 Å². The monoisotopic (exact) mass is 461 g/mol. The molecule has 0 radical (unpaired) electrons. The molecule has 174 valence electrons. The lowest BCUT2D eigenvalue weighted by atomic mass is 10.0. The lowest BCUT2D eigenvalue weighted by molar-refractivity contribution is -0.142. The molecule has 4 rings (SSSR count). The third kappa shape index (κ3) is 4.10. The number of methoxy groups -OCH3 is 2. The summed E-state index contributed by atoms with van der Waals surface area (Å²) in [6.07, 6.45) is 0.211. The first-order chi connectivity index (χ1) is 15.7. The Balaban J connectivity index is 1.75. The number of halogens is 3. The van der Waals surface area contributed by atoms with Crippen LogP contribution in [0.5, 0.6) is 11.6 Å². The lowest BCUT2D eigenvalue weighted by Crippen LogP contribution is -2.27. The second kappa shape index (κ2) is 8.38. The first-order valence-corrected chi connectivity index (χ1v) is 10.2. The number of hydrogen-bond acceptors (Lipinski definition) is 6. The molecule has 33 heavy (non-hydrogen) atoms. The van der Waals surface area contributed by atoms with E-state index in [1.165, 1.54) is 31.5 Å². The second-order valence-electron chi connectivity index (χ2n) is 7.63. The van der Waals surface area contributed by atoms with Crippen molar-refractivity contribution in [3.05, 3.63) is 47.5 Å². The third-order valence-electron chi connectivity index (χ3n) is 5.46. The SMILES string of the molecule is CC[C@H]1c2nc(-c3cnc(OC)c(OC)c3)cc(C)c2C(=O)N1c1cnn(CC(F)(F)F)c1. The van der Waals surface area contributed by atoms with Crippen molar-refractivity contribution in [1.82, 2.24) is 19.7 Å². The van der Waals surface area contributed by atoms with Gasteiger partial charge in [-0.25, -0.2) is 9.97 Å². The van der Waals surface area contributed by atoms with Gasteiger partial charge in [0.25, 0.3) is 11.8 Å². The summed E-state index contributed by atoms with van der Waals surface area (Å²) in [4.78, 5) is 23.8. The van der Waals surface area contributed by atoms with Gasteiger partial charge in [0.05, 0.1) is 49.1 Å². The molecule has 1 aliphatic rings. The zero-order valence-electron chi connectivity index (χ0n) is 18.5. The maximum atomic E-state index is 13.3. The van der Waals surface area contributed by atoms with E-state index in [1.807, 2.05) is 6.92 Å². The van der Waals surface area contributed by atoms with Gasteiger partial charge in [0, 0.05) is 18.0 Å². The van der Waals surface area contributed by atoms with Crippen LogP contribution in [-0.4, -0.2) is 46.1 Å². The molecular formula is C22H22F3N5O3. The van der Waals surface area contributed by atoms with Gasteiger partial charge in [-0.15, -0.1) is 0 Å². The summed E-state index contributed by atoms with van der Waals surface area (Å²) in [6, 6.07) is 3.09. The molecule has 8 nitrogen and oxygen atoms in total. The van der Waals surface area contributed by atoms with Crippen molar-refractivity contribution in [3.8, 4) is 22.9 Å². The summed E-state index contributed by atoms with van der Waals surface area (Å²) in [5, 5.41) is 3.78. The van der Waals surface area contributed by atoms with Crippen LogP contribution in [0.2, 0.25) is 0 Å². The Bertz CT molecular complexity index is 1210. The molecule has 3 aromatic rings. The highest BCUT2D eigenvalue weighted by molar-refractivity contribution is 6.11. The van der Waals surface area contributed by atoms with Crippen LogP contribution in [-0.2, 0) is 6.54 Å². The minimum absolute atomic E-state index is 0.294. The van der Waals surface area contributed by atoms with Gasteiger partial charge in [0.15, 0.2) is 5.75 Å². The van der Waals surface area contributed by atoms with Crippen LogP contribution < -0.4 is 14.4 Å². The number of anilines is 1. The Labute approximate surface area is 188 Å². The van der Waals surface area contributed by atoms with E-state index in [-0.39, 0.29) is 5.91 Å². The van der Waals surface area contributed by atoms with E-state index < -0.39 is 18.8 Å². The first kappa shape index (κ1) is 22.6. The molecule has 1 aliphatic heterocycles. The van der Waals surface area contributed by atoms with Crippen molar-refractivity contribution < 1.29 is 27.4 Å². The van der Waals surface area contributed by atoms with Crippen molar-refractivity contribution in [2.75, 3.05) is 19.1 Å². The zero-order valence-corrected chi connectivity index (χ0v) is 18.5. The lowest BCUT2D eigenvalue weighted by Gasteiger charge is -2.22. The largest absolute Gasteiger partial charge is 0.491 e. The third-order valence-corrected chi connectivity index (χ3v) is 5.46. The Morgan fingerprint density at radius 2 is 1.91 bits per heavy atom. The molecule has 0 saturated carbocycles. The second-order valence-corrected chi connectivity index (χ2v) is 7.63. The number of rotatable bonds is 6. The van der Waals surface area contributed by atoms with Crippen LogP contribution in [0.25, 0.3) is 11.3 Å². The molecule has 4 heterocycles. The quantitative estimate of drug-likeness (QED) is 0.543. The van der Waals surface area contributed by atoms with Gasteiger partial charge in [-0.05, 0) is 31.0 Å². The van der Waals surface area contributed by atoms with Crippen LogP contribution >= 0.6 is 0 Å². The summed E-state index contributed by atoms with van der Waals surface area (Å²) in [5.74, 6) is 0.463. The van der Waals surface area contributed by atoms with E-state index in [1.54, 1.807) is 25.3 Å². The van der Waals surface area contributed by atoms with Crippen molar-refractivity contribution >= 4 is 11.6 Å². The fourth-order valence-corrected chi connectivity index (χ4v) is 4.04. The van der Waals surface area contributed by atoms with Crippen LogP contribution in [0.1, 0.15) is 41.0 Å². The van der Waals surface area contributed by atoms with E-state index in [9.17, 15) is 18.0 Å². The van der Waals surface area contributed by atoms with Crippen LogP contribution in [0.4, 0.5) is 18.9 Å². The van der Waals surface area contributed by atoms with Gasteiger partial charge in [0.2, 0.25) is 0 Å². The Morgan fingerprint density at radius 3 is 2.55 bits per heavy atom. The topological polar surface area (TPSA) is 82.4 Å². The number of carbonyl (C=O) groups excluding carboxylic acids is 1. The molecule has 0 aromatic carbocycles. The van der Waals surface area contributed by atoms with Gasteiger partial charge in [-0.2, -0.15) is 18.3 Å². The molecule has 0 N–H and O–H groups in total. The van der Waals surface area contributed by atoms with Gasteiger partial charge >= 0.3 is 6.18 Å². The summed E-state index contributed by atoms with van der Waals surface area (Å²) < 4.78 is 49.5. The van der Waals surface area contributed by atoms with E-state index in [4.69, 9.17) is 14.5 Å². The first-order valence-electron chi connectivity index (χ1n) is 10.2. The van der Waals surface area contributed by atoms with Crippen molar-refractivity contribution in [2.45, 2.75) is 39.0 Å². The van der Waals surface area contributed by atoms with Gasteiger partial charge in [-0.1, -0.05) is 6.92 Å². The number of nitrogens with zero attached hydrogens (tertiary/aromatic N) is 5. The number of aromatic nitrogens is 4. The summed E-state index contributed by atoms with van der Waals surface area (Å²) in [7, 11) is 3.00. The van der Waals surface area contributed by atoms with E-state index in [0.717, 1.165) is 4.68 Å². The molecule has 0 spiro atoms. The van der Waals surface area contributed by atoms with E-state index >= 15 is 0 Å². The summed E-state index contributed by atoms with van der Waals surface area (Å²) in [6.45, 7) is 2.47. The Morgan fingerprint density at radius 1 is 1.15 bits per heavy atom. The number of hydrogen-bond donors (Lipinski definition) is 0. The number of ether oxygens (including phenoxy) is 2. The summed E-state index contributed by atoms with van der Waals surface area (Å²) in [5.41, 5.74) is 3.29. The minimum atomic E-state index is -4.41. The predicted molar refractivity (Wildman–Crippen MR) is 113 cm³/mol. The molecule has 11 heteroatoms. The van der Waals surface area contributed by atoms with Crippen LogP contribution in [0.15, 0.2) is 30.7 Å². The molecule has 0 bridgehead atoms. The van der Waals surface area contributed by atoms with E-state index in [2.05, 4.69) is 10.1 Å². The molecule has 0 fully saturated rings. The number of carbonyl (C=O) groups is 1. The van der Waals surface area contributed by atoms with Crippen LogP contribution in [0.3, 0.4) is 0 Å². The van der Waals surface area contributed by atoms with Gasteiger partial charge in [-0.3, -0.25) is 14.4 Å². The van der Waals surface area contributed by atoms with E-state index in [0.29, 0.717) is 51.8 Å². The average Bonchev–Trinajstić information content (AvgIpc) is 3.33. The Kier molecular flexibility index (Phi) is 5.73.